The van der Waals surface area contributed by atoms with E-state index in [4.69, 9.17) is 23.7 Å². The van der Waals surface area contributed by atoms with Gasteiger partial charge >= 0.3 is 0 Å². The van der Waals surface area contributed by atoms with E-state index in [1.165, 1.54) is 11.1 Å². The summed E-state index contributed by atoms with van der Waals surface area (Å²) < 4.78 is 28.3. The van der Waals surface area contributed by atoms with E-state index in [1.54, 1.807) is 0 Å². The minimum atomic E-state index is 0.208. The molecule has 0 N–H and O–H groups in total. The molecule has 5 heteroatoms. The molecule has 0 radical (unpaired) electrons. The zero-order valence-electron chi connectivity index (χ0n) is 15.6. The van der Waals surface area contributed by atoms with E-state index in [2.05, 4.69) is 38.1 Å². The molecule has 0 spiro atoms. The number of hydrogen-bond acceptors (Lipinski definition) is 5. The molecule has 0 bridgehead atoms. The third kappa shape index (κ3) is 3.10. The van der Waals surface area contributed by atoms with Crippen LogP contribution in [0.1, 0.15) is 25.0 Å². The quantitative estimate of drug-likeness (QED) is 0.817. The maximum absolute atomic E-state index is 6.49. The fraction of sp³-hybridized carbons (Fsp3) is 0.455. The lowest BCUT2D eigenvalue weighted by atomic mass is 9.86. The van der Waals surface area contributed by atoms with Crippen LogP contribution in [0.5, 0.6) is 23.0 Å². The van der Waals surface area contributed by atoms with E-state index >= 15 is 0 Å². The Labute approximate surface area is 159 Å². The van der Waals surface area contributed by atoms with E-state index in [0.29, 0.717) is 25.4 Å². The van der Waals surface area contributed by atoms with Crippen molar-refractivity contribution in [1.82, 2.24) is 0 Å². The summed E-state index contributed by atoms with van der Waals surface area (Å²) in [5.41, 5.74) is 2.46. The monoisotopic (exact) mass is 368 g/mol. The third-order valence-corrected chi connectivity index (χ3v) is 6.10. The minimum Gasteiger partial charge on any atom is -0.454 e. The van der Waals surface area contributed by atoms with Gasteiger partial charge in [-0.3, -0.25) is 0 Å². The van der Waals surface area contributed by atoms with Crippen LogP contribution in [0, 0.1) is 11.8 Å². The van der Waals surface area contributed by atoms with Gasteiger partial charge in [0.25, 0.3) is 0 Å². The molecule has 5 rings (SSSR count). The molecule has 0 aromatic heterocycles. The number of ether oxygens (including phenoxy) is 5. The Hall–Kier alpha value is -2.40. The van der Waals surface area contributed by atoms with Crippen molar-refractivity contribution in [2.24, 2.45) is 11.8 Å². The van der Waals surface area contributed by atoms with E-state index < -0.39 is 0 Å². The molecule has 4 atom stereocenters. The Morgan fingerprint density at radius 1 is 0.667 bits per heavy atom. The lowest BCUT2D eigenvalue weighted by molar-refractivity contribution is 0.0316. The van der Waals surface area contributed by atoms with Gasteiger partial charge in [-0.05, 0) is 60.1 Å². The molecule has 3 aliphatic rings. The molecule has 2 aromatic rings. The topological polar surface area (TPSA) is 46.2 Å². The van der Waals surface area contributed by atoms with E-state index in [1.807, 2.05) is 12.1 Å². The zero-order chi connectivity index (χ0) is 18.4. The maximum atomic E-state index is 6.49. The highest BCUT2D eigenvalue weighted by molar-refractivity contribution is 5.45. The molecule has 3 aliphatic heterocycles. The summed E-state index contributed by atoms with van der Waals surface area (Å²) in [6.45, 7) is 5.21. The Balaban J connectivity index is 1.27. The van der Waals surface area contributed by atoms with Crippen molar-refractivity contribution in [1.29, 1.82) is 0 Å². The van der Waals surface area contributed by atoms with Gasteiger partial charge in [-0.2, -0.15) is 0 Å². The Morgan fingerprint density at radius 3 is 1.59 bits per heavy atom. The highest BCUT2D eigenvalue weighted by Gasteiger charge is 2.39. The van der Waals surface area contributed by atoms with Crippen molar-refractivity contribution in [2.75, 3.05) is 13.6 Å². The van der Waals surface area contributed by atoms with Crippen LogP contribution in [-0.4, -0.2) is 25.8 Å². The highest BCUT2D eigenvalue weighted by Crippen LogP contribution is 2.39. The fourth-order valence-corrected chi connectivity index (χ4v) is 4.22. The van der Waals surface area contributed by atoms with Crippen LogP contribution in [-0.2, 0) is 17.6 Å². The van der Waals surface area contributed by atoms with Crippen LogP contribution in [0.2, 0.25) is 0 Å². The molecular formula is C22H24O5. The van der Waals surface area contributed by atoms with E-state index in [-0.39, 0.29) is 12.2 Å². The molecule has 0 saturated carbocycles. The lowest BCUT2D eigenvalue weighted by Gasteiger charge is -2.16. The maximum Gasteiger partial charge on any atom is 0.231 e. The van der Waals surface area contributed by atoms with Gasteiger partial charge in [-0.25, -0.2) is 0 Å². The first kappa shape index (κ1) is 16.8. The number of hydrogen-bond donors (Lipinski definition) is 0. The second-order valence-corrected chi connectivity index (χ2v) is 7.71. The molecule has 0 amide bonds. The third-order valence-electron chi connectivity index (χ3n) is 6.10. The SMILES string of the molecule is C[C@H]1[C@H](C)[C@@H](Cc2ccc3c(c2)OCO3)O[C@@H]1Cc1ccc2c(c1)OCO2. The Kier molecular flexibility index (Phi) is 4.12. The van der Waals surface area contributed by atoms with Crippen molar-refractivity contribution in [2.45, 2.75) is 38.9 Å². The molecule has 5 nitrogen and oxygen atoms in total. The molecule has 27 heavy (non-hydrogen) atoms. The molecule has 3 heterocycles. The van der Waals surface area contributed by atoms with Crippen molar-refractivity contribution in [3.63, 3.8) is 0 Å². The molecule has 2 aromatic carbocycles. The molecule has 1 fully saturated rings. The summed E-state index contributed by atoms with van der Waals surface area (Å²) in [5, 5.41) is 0. The number of fused-ring (bicyclic) bond motifs is 2. The van der Waals surface area contributed by atoms with Gasteiger partial charge in [0, 0.05) is 0 Å². The van der Waals surface area contributed by atoms with Gasteiger partial charge in [0.2, 0.25) is 13.6 Å². The molecule has 142 valence electrons. The van der Waals surface area contributed by atoms with Crippen molar-refractivity contribution < 1.29 is 23.7 Å². The van der Waals surface area contributed by atoms with Crippen LogP contribution < -0.4 is 18.9 Å². The molecule has 0 aliphatic carbocycles. The van der Waals surface area contributed by atoms with Gasteiger partial charge in [-0.15, -0.1) is 0 Å². The van der Waals surface area contributed by atoms with Crippen LogP contribution in [0.15, 0.2) is 36.4 Å². The number of benzene rings is 2. The smallest absolute Gasteiger partial charge is 0.231 e. The molecule has 1 saturated heterocycles. The lowest BCUT2D eigenvalue weighted by Crippen LogP contribution is -2.18. The average Bonchev–Trinajstić information content (AvgIpc) is 3.38. The summed E-state index contributed by atoms with van der Waals surface area (Å²) in [5.74, 6) is 4.32. The predicted molar refractivity (Wildman–Crippen MR) is 99.5 cm³/mol. The second-order valence-electron chi connectivity index (χ2n) is 7.71. The first-order valence-corrected chi connectivity index (χ1v) is 9.60. The first-order valence-electron chi connectivity index (χ1n) is 9.60. The van der Waals surface area contributed by atoms with Crippen LogP contribution in [0.4, 0.5) is 0 Å². The van der Waals surface area contributed by atoms with Gasteiger partial charge in [0.15, 0.2) is 23.0 Å². The van der Waals surface area contributed by atoms with Gasteiger partial charge in [0.1, 0.15) is 0 Å². The molecular weight excluding hydrogens is 344 g/mol. The van der Waals surface area contributed by atoms with E-state index in [9.17, 15) is 0 Å². The van der Waals surface area contributed by atoms with Gasteiger partial charge < -0.3 is 23.7 Å². The predicted octanol–water partition coefficient (Wildman–Crippen LogP) is 3.97. The Bertz CT molecular complexity index is 779. The summed E-state index contributed by atoms with van der Waals surface area (Å²) in [6.07, 6.45) is 2.19. The minimum absolute atomic E-state index is 0.208. The van der Waals surface area contributed by atoms with Crippen molar-refractivity contribution in [3.05, 3.63) is 47.5 Å². The fourth-order valence-electron chi connectivity index (χ4n) is 4.22. The van der Waals surface area contributed by atoms with Gasteiger partial charge in [0.05, 0.1) is 12.2 Å². The summed E-state index contributed by atoms with van der Waals surface area (Å²) in [4.78, 5) is 0. The van der Waals surface area contributed by atoms with Crippen LogP contribution >= 0.6 is 0 Å². The van der Waals surface area contributed by atoms with Crippen LogP contribution in [0.25, 0.3) is 0 Å². The molecule has 0 unspecified atom stereocenters. The van der Waals surface area contributed by atoms with E-state index in [0.717, 1.165) is 35.8 Å². The second kappa shape index (κ2) is 6.64. The Morgan fingerprint density at radius 2 is 1.11 bits per heavy atom. The van der Waals surface area contributed by atoms with Crippen LogP contribution in [0.3, 0.4) is 0 Å². The van der Waals surface area contributed by atoms with Crippen molar-refractivity contribution >= 4 is 0 Å². The van der Waals surface area contributed by atoms with Crippen molar-refractivity contribution in [3.8, 4) is 23.0 Å². The zero-order valence-corrected chi connectivity index (χ0v) is 15.6. The van der Waals surface area contributed by atoms with Gasteiger partial charge in [-0.1, -0.05) is 26.0 Å². The highest BCUT2D eigenvalue weighted by atomic mass is 16.7. The summed E-state index contributed by atoms with van der Waals surface area (Å²) in [7, 11) is 0. The standard InChI is InChI=1S/C22H24O5/c1-13-14(2)20(8-16-4-6-18-22(10-16)26-12-24-18)27-19(13)7-15-3-5-17-21(9-15)25-11-23-17/h3-6,9-10,13-14,19-20H,7-8,11-12H2,1-2H3/t13-,14-,19+,20+/m0/s1. The average molecular weight is 368 g/mol. The summed E-state index contributed by atoms with van der Waals surface area (Å²) in [6, 6.07) is 12.4. The summed E-state index contributed by atoms with van der Waals surface area (Å²) >= 11 is 0. The number of rotatable bonds is 4. The largest absolute Gasteiger partial charge is 0.454 e. The normalized spacial score (nSPS) is 27.9. The first-order chi connectivity index (χ1) is 13.2.